The number of nitrogens with zero attached hydrogens (tertiary/aromatic N) is 2. The number of para-hydroxylation sites is 1. The van der Waals surface area contributed by atoms with Crippen LogP contribution in [-0.4, -0.2) is 50.1 Å². The third kappa shape index (κ3) is 7.70. The fourth-order valence-electron chi connectivity index (χ4n) is 2.64. The topological polar surface area (TPSA) is 66.0 Å². The molecule has 2 aromatic carbocycles. The number of nitrogens with one attached hydrogen (secondary N) is 2. The van der Waals surface area contributed by atoms with E-state index in [0.717, 1.165) is 36.9 Å². The van der Waals surface area contributed by atoms with Gasteiger partial charge in [-0.1, -0.05) is 30.3 Å². The molecule has 1 amide bonds. The second-order valence-electron chi connectivity index (χ2n) is 6.45. The average molecular weight is 383 g/mol. The molecule has 0 aliphatic heterocycles. The Morgan fingerprint density at radius 1 is 1.11 bits per heavy atom. The lowest BCUT2D eigenvalue weighted by Gasteiger charge is -2.22. The Balaban J connectivity index is 1.82. The van der Waals surface area contributed by atoms with Gasteiger partial charge in [-0.3, -0.25) is 9.79 Å². The molecule has 0 atom stereocenters. The van der Waals surface area contributed by atoms with Crippen LogP contribution in [0.3, 0.4) is 0 Å². The zero-order chi connectivity index (χ0) is 20.2. The van der Waals surface area contributed by atoms with Gasteiger partial charge in [0.2, 0.25) is 5.91 Å². The Morgan fingerprint density at radius 3 is 2.46 bits per heavy atom. The van der Waals surface area contributed by atoms with Gasteiger partial charge in [0.1, 0.15) is 12.4 Å². The monoisotopic (exact) mass is 382 g/mol. The van der Waals surface area contributed by atoms with Gasteiger partial charge in [-0.2, -0.15) is 0 Å². The number of carbonyl (C=O) groups is 1. The number of hydrogen-bond acceptors (Lipinski definition) is 3. The quantitative estimate of drug-likeness (QED) is 0.516. The van der Waals surface area contributed by atoms with Crippen LogP contribution in [0.4, 0.5) is 5.69 Å². The molecule has 0 aromatic heterocycles. The standard InChI is InChI=1S/C22H30N4O2/c1-4-23-22(26(3)16-17-28-21-8-6-5-7-9-21)24-15-14-19-10-12-20(13-11-19)25-18(2)27/h5-13H,4,14-17H2,1-3H3,(H,23,24)(H,25,27). The maximum absolute atomic E-state index is 11.1. The largest absolute Gasteiger partial charge is 0.492 e. The summed E-state index contributed by atoms with van der Waals surface area (Å²) in [4.78, 5) is 17.9. The summed E-state index contributed by atoms with van der Waals surface area (Å²) in [5.74, 6) is 1.68. The van der Waals surface area contributed by atoms with Gasteiger partial charge in [0.25, 0.3) is 0 Å². The van der Waals surface area contributed by atoms with E-state index >= 15 is 0 Å². The molecule has 2 N–H and O–H groups in total. The third-order valence-corrected chi connectivity index (χ3v) is 4.07. The van der Waals surface area contributed by atoms with E-state index in [1.54, 1.807) is 0 Å². The molecule has 0 radical (unpaired) electrons. The van der Waals surface area contributed by atoms with E-state index in [2.05, 4.69) is 22.5 Å². The Labute approximate surface area is 167 Å². The summed E-state index contributed by atoms with van der Waals surface area (Å²) in [6, 6.07) is 17.7. The summed E-state index contributed by atoms with van der Waals surface area (Å²) < 4.78 is 5.76. The van der Waals surface area contributed by atoms with Crippen molar-refractivity contribution in [2.24, 2.45) is 4.99 Å². The molecule has 0 fully saturated rings. The normalized spacial score (nSPS) is 11.0. The van der Waals surface area contributed by atoms with Crippen molar-refractivity contribution in [3.63, 3.8) is 0 Å². The first-order chi connectivity index (χ1) is 13.6. The van der Waals surface area contributed by atoms with Gasteiger partial charge in [-0.05, 0) is 43.2 Å². The summed E-state index contributed by atoms with van der Waals surface area (Å²) in [6.45, 7) is 6.40. The highest BCUT2D eigenvalue weighted by atomic mass is 16.5. The van der Waals surface area contributed by atoms with E-state index in [4.69, 9.17) is 9.73 Å². The van der Waals surface area contributed by atoms with Gasteiger partial charge < -0.3 is 20.3 Å². The van der Waals surface area contributed by atoms with Crippen molar-refractivity contribution in [2.45, 2.75) is 20.3 Å². The first kappa shape index (κ1) is 21.3. The molecule has 0 spiro atoms. The molecule has 6 heteroatoms. The van der Waals surface area contributed by atoms with Crippen molar-refractivity contribution in [1.29, 1.82) is 0 Å². The van der Waals surface area contributed by atoms with Gasteiger partial charge in [-0.25, -0.2) is 0 Å². The average Bonchev–Trinajstić information content (AvgIpc) is 2.69. The second-order valence-corrected chi connectivity index (χ2v) is 6.45. The highest BCUT2D eigenvalue weighted by molar-refractivity contribution is 5.88. The molecule has 0 saturated carbocycles. The molecule has 2 aromatic rings. The van der Waals surface area contributed by atoms with Gasteiger partial charge in [-0.15, -0.1) is 0 Å². The number of anilines is 1. The van der Waals surface area contributed by atoms with Crippen molar-refractivity contribution < 1.29 is 9.53 Å². The summed E-state index contributed by atoms with van der Waals surface area (Å²) >= 11 is 0. The predicted octanol–water partition coefficient (Wildman–Crippen LogP) is 3.16. The lowest BCUT2D eigenvalue weighted by atomic mass is 10.1. The van der Waals surface area contributed by atoms with E-state index in [1.165, 1.54) is 12.5 Å². The minimum absolute atomic E-state index is 0.0630. The zero-order valence-corrected chi connectivity index (χ0v) is 16.9. The second kappa shape index (κ2) is 11.6. The molecule has 6 nitrogen and oxygen atoms in total. The van der Waals surface area contributed by atoms with Crippen molar-refractivity contribution in [1.82, 2.24) is 10.2 Å². The third-order valence-electron chi connectivity index (χ3n) is 4.07. The van der Waals surface area contributed by atoms with Crippen molar-refractivity contribution in [3.05, 3.63) is 60.2 Å². The lowest BCUT2D eigenvalue weighted by Crippen LogP contribution is -2.41. The minimum Gasteiger partial charge on any atom is -0.492 e. The first-order valence-electron chi connectivity index (χ1n) is 9.62. The number of benzene rings is 2. The van der Waals surface area contributed by atoms with E-state index in [9.17, 15) is 4.79 Å². The zero-order valence-electron chi connectivity index (χ0n) is 16.9. The molecular weight excluding hydrogens is 352 g/mol. The highest BCUT2D eigenvalue weighted by Gasteiger charge is 2.06. The van der Waals surface area contributed by atoms with E-state index < -0.39 is 0 Å². The molecule has 150 valence electrons. The molecule has 0 aliphatic carbocycles. The molecule has 0 unspecified atom stereocenters. The van der Waals surface area contributed by atoms with Crippen LogP contribution in [0.1, 0.15) is 19.4 Å². The Kier molecular flexibility index (Phi) is 8.85. The van der Waals surface area contributed by atoms with Crippen LogP contribution in [-0.2, 0) is 11.2 Å². The maximum Gasteiger partial charge on any atom is 0.221 e. The van der Waals surface area contributed by atoms with Crippen molar-refractivity contribution in [2.75, 3.05) is 38.6 Å². The number of hydrogen-bond donors (Lipinski definition) is 2. The minimum atomic E-state index is -0.0630. The lowest BCUT2D eigenvalue weighted by molar-refractivity contribution is -0.114. The summed E-state index contributed by atoms with van der Waals surface area (Å²) in [7, 11) is 2.01. The molecule has 2 rings (SSSR count). The van der Waals surface area contributed by atoms with Crippen LogP contribution in [0.15, 0.2) is 59.6 Å². The number of likely N-dealkylation sites (N-methyl/N-ethyl adjacent to an activating group) is 1. The van der Waals surface area contributed by atoms with Crippen molar-refractivity contribution in [3.8, 4) is 5.75 Å². The fraction of sp³-hybridized carbons (Fsp3) is 0.364. The van der Waals surface area contributed by atoms with Crippen LogP contribution in [0.25, 0.3) is 0 Å². The van der Waals surface area contributed by atoms with E-state index in [1.807, 2.05) is 61.6 Å². The number of aliphatic imine (C=N–C) groups is 1. The van der Waals surface area contributed by atoms with Gasteiger partial charge in [0, 0.05) is 32.7 Å². The number of rotatable bonds is 9. The molecule has 0 saturated heterocycles. The van der Waals surface area contributed by atoms with Crippen LogP contribution in [0.5, 0.6) is 5.75 Å². The maximum atomic E-state index is 11.1. The van der Waals surface area contributed by atoms with Crippen LogP contribution in [0, 0.1) is 0 Å². The number of ether oxygens (including phenoxy) is 1. The molecule has 0 heterocycles. The van der Waals surface area contributed by atoms with Crippen molar-refractivity contribution >= 4 is 17.6 Å². The highest BCUT2D eigenvalue weighted by Crippen LogP contribution is 2.10. The SMILES string of the molecule is CCNC(=NCCc1ccc(NC(C)=O)cc1)N(C)CCOc1ccccc1. The number of carbonyl (C=O) groups excluding carboxylic acids is 1. The molecule has 0 aliphatic rings. The Hall–Kier alpha value is -3.02. The smallest absolute Gasteiger partial charge is 0.221 e. The Morgan fingerprint density at radius 2 is 1.82 bits per heavy atom. The fourth-order valence-corrected chi connectivity index (χ4v) is 2.64. The number of amides is 1. The summed E-state index contributed by atoms with van der Waals surface area (Å²) in [5, 5.41) is 6.10. The first-order valence-corrected chi connectivity index (χ1v) is 9.62. The summed E-state index contributed by atoms with van der Waals surface area (Å²) in [6.07, 6.45) is 0.837. The summed E-state index contributed by atoms with van der Waals surface area (Å²) in [5.41, 5.74) is 2.00. The van der Waals surface area contributed by atoms with E-state index in [-0.39, 0.29) is 5.91 Å². The number of guanidine groups is 1. The van der Waals surface area contributed by atoms with Gasteiger partial charge in [0.05, 0.1) is 6.54 Å². The predicted molar refractivity (Wildman–Crippen MR) is 115 cm³/mol. The van der Waals surface area contributed by atoms with Gasteiger partial charge >= 0.3 is 0 Å². The van der Waals surface area contributed by atoms with Crippen LogP contribution >= 0.6 is 0 Å². The molecule has 28 heavy (non-hydrogen) atoms. The van der Waals surface area contributed by atoms with Crippen LogP contribution in [0.2, 0.25) is 0 Å². The molecule has 0 bridgehead atoms. The van der Waals surface area contributed by atoms with Crippen LogP contribution < -0.4 is 15.4 Å². The Bertz CT molecular complexity index is 745. The van der Waals surface area contributed by atoms with Gasteiger partial charge in [0.15, 0.2) is 5.96 Å². The molecular formula is C22H30N4O2. The van der Waals surface area contributed by atoms with E-state index in [0.29, 0.717) is 13.2 Å².